The second-order valence-electron chi connectivity index (χ2n) is 13.0. The monoisotopic (exact) mass is 522 g/mol. The van der Waals surface area contributed by atoms with E-state index in [2.05, 4.69) is 19.9 Å². The number of fused-ring (bicyclic) bond motifs is 5. The average molecular weight is 523 g/mol. The Kier molecular flexibility index (Phi) is 7.82. The van der Waals surface area contributed by atoms with Gasteiger partial charge in [-0.2, -0.15) is 0 Å². The van der Waals surface area contributed by atoms with Gasteiger partial charge >= 0.3 is 5.97 Å². The van der Waals surface area contributed by atoms with Crippen molar-refractivity contribution in [1.29, 1.82) is 0 Å². The summed E-state index contributed by atoms with van der Waals surface area (Å²) >= 11 is 0. The van der Waals surface area contributed by atoms with E-state index in [1.165, 1.54) is 39.2 Å². The molecule has 1 aliphatic heterocycles. The summed E-state index contributed by atoms with van der Waals surface area (Å²) < 4.78 is 16.6. The predicted octanol–water partition coefficient (Wildman–Crippen LogP) is 2.56. The van der Waals surface area contributed by atoms with Crippen molar-refractivity contribution < 1.29 is 39.4 Å². The Balaban J connectivity index is 1.24. The largest absolute Gasteiger partial charge is 0.466 e. The summed E-state index contributed by atoms with van der Waals surface area (Å²) in [4.78, 5) is 11.7. The highest BCUT2D eigenvalue weighted by atomic mass is 16.7. The van der Waals surface area contributed by atoms with Gasteiger partial charge in [0.05, 0.1) is 19.8 Å². The fourth-order valence-electron chi connectivity index (χ4n) is 9.33. The van der Waals surface area contributed by atoms with Crippen LogP contribution in [0, 0.1) is 40.4 Å². The van der Waals surface area contributed by atoms with Gasteiger partial charge in [-0.3, -0.25) is 0 Å². The normalized spacial score (nSPS) is 51.8. The highest BCUT2D eigenvalue weighted by Crippen LogP contribution is 2.67. The van der Waals surface area contributed by atoms with Crippen LogP contribution in [0.25, 0.3) is 0 Å². The topological polar surface area (TPSA) is 126 Å². The number of rotatable bonds is 5. The van der Waals surface area contributed by atoms with Gasteiger partial charge < -0.3 is 34.6 Å². The van der Waals surface area contributed by atoms with Crippen molar-refractivity contribution in [3.05, 3.63) is 12.2 Å². The number of methoxy groups -OCH3 is 1. The number of carbonyl (C=O) groups excluding carboxylic acids is 1. The van der Waals surface area contributed by atoms with Crippen molar-refractivity contribution in [3.8, 4) is 0 Å². The molecule has 1 heterocycles. The van der Waals surface area contributed by atoms with Gasteiger partial charge in [-0.1, -0.05) is 19.9 Å². The van der Waals surface area contributed by atoms with Crippen molar-refractivity contribution in [2.45, 2.75) is 108 Å². The quantitative estimate of drug-likeness (QED) is 0.247. The number of aliphatic hydroxyl groups is 4. The third kappa shape index (κ3) is 4.70. The molecule has 210 valence electrons. The maximum absolute atomic E-state index is 11.7. The van der Waals surface area contributed by atoms with Gasteiger partial charge in [0.2, 0.25) is 0 Å². The molecule has 0 amide bonds. The third-order valence-electron chi connectivity index (χ3n) is 11.5. The number of allylic oxidation sites excluding steroid dienone is 1. The van der Waals surface area contributed by atoms with E-state index in [-0.39, 0.29) is 22.9 Å². The molecule has 0 aromatic rings. The second kappa shape index (κ2) is 10.5. The summed E-state index contributed by atoms with van der Waals surface area (Å²) in [5, 5.41) is 40.1. The minimum atomic E-state index is -1.41. The maximum Gasteiger partial charge on any atom is 0.330 e. The number of aliphatic hydroxyl groups excluding tert-OH is 4. The van der Waals surface area contributed by atoms with Gasteiger partial charge in [-0.05, 0) is 98.2 Å². The summed E-state index contributed by atoms with van der Waals surface area (Å²) in [5.41, 5.74) is 0.512. The zero-order valence-electron chi connectivity index (χ0n) is 22.5. The molecule has 0 aromatic heterocycles. The van der Waals surface area contributed by atoms with E-state index < -0.39 is 37.3 Å². The third-order valence-corrected chi connectivity index (χ3v) is 11.5. The van der Waals surface area contributed by atoms with Crippen LogP contribution in [0.5, 0.6) is 0 Å². The molecule has 13 atom stereocenters. The first-order chi connectivity index (χ1) is 17.6. The van der Waals surface area contributed by atoms with E-state index in [0.29, 0.717) is 23.7 Å². The molecule has 1 saturated heterocycles. The highest BCUT2D eigenvalue weighted by Gasteiger charge is 2.60. The zero-order valence-corrected chi connectivity index (χ0v) is 22.5. The Bertz CT molecular complexity index is 861. The van der Waals surface area contributed by atoms with E-state index in [0.717, 1.165) is 31.6 Å². The van der Waals surface area contributed by atoms with Crippen LogP contribution in [-0.4, -0.2) is 76.9 Å². The molecule has 8 heteroatoms. The van der Waals surface area contributed by atoms with E-state index in [9.17, 15) is 25.2 Å². The van der Waals surface area contributed by atoms with Gasteiger partial charge in [0, 0.05) is 6.08 Å². The van der Waals surface area contributed by atoms with Crippen LogP contribution in [0.1, 0.15) is 71.6 Å². The Morgan fingerprint density at radius 2 is 1.68 bits per heavy atom. The molecule has 0 unspecified atom stereocenters. The molecule has 4 aliphatic carbocycles. The highest BCUT2D eigenvalue weighted by molar-refractivity contribution is 5.81. The van der Waals surface area contributed by atoms with Crippen molar-refractivity contribution >= 4 is 5.97 Å². The lowest BCUT2D eigenvalue weighted by Crippen LogP contribution is -2.60. The first-order valence-corrected chi connectivity index (χ1v) is 14.3. The Hall–Kier alpha value is -1.03. The molecule has 5 rings (SSSR count). The van der Waals surface area contributed by atoms with E-state index in [1.807, 2.05) is 0 Å². The standard InChI is InChI=1S/C29H46O8/c1-28-13-11-21-19(20(28)8-5-16(28)6-9-23(31)35-3)7-4-17-14-18(10-12-29(17,21)2)36-27-26(34)25(33)24(32)22(15-30)37-27/h6,9,16-22,24-27,30,32-34H,4-5,7-8,10-15H2,1-3H3/b9-6+/t16-,17-,18+,19+,20+,21+,22-,24-,25+,26-,27-,28-,29+/m1/s1. The lowest BCUT2D eigenvalue weighted by atomic mass is 9.44. The predicted molar refractivity (Wildman–Crippen MR) is 135 cm³/mol. The van der Waals surface area contributed by atoms with Crippen molar-refractivity contribution in [2.24, 2.45) is 40.4 Å². The molecule has 4 N–H and O–H groups in total. The molecule has 8 nitrogen and oxygen atoms in total. The smallest absolute Gasteiger partial charge is 0.330 e. The van der Waals surface area contributed by atoms with E-state index in [4.69, 9.17) is 14.2 Å². The van der Waals surface area contributed by atoms with E-state index in [1.54, 1.807) is 6.08 Å². The summed E-state index contributed by atoms with van der Waals surface area (Å²) in [7, 11) is 1.43. The maximum atomic E-state index is 11.7. The lowest BCUT2D eigenvalue weighted by molar-refractivity contribution is -0.316. The molecule has 0 radical (unpaired) electrons. The molecule has 0 spiro atoms. The first-order valence-electron chi connectivity index (χ1n) is 14.3. The Morgan fingerprint density at radius 1 is 0.946 bits per heavy atom. The number of hydrogen-bond donors (Lipinski definition) is 4. The lowest BCUT2D eigenvalue weighted by Gasteiger charge is -2.61. The first kappa shape index (κ1) is 27.5. The zero-order chi connectivity index (χ0) is 26.5. The fourth-order valence-corrected chi connectivity index (χ4v) is 9.33. The van der Waals surface area contributed by atoms with Crippen molar-refractivity contribution in [2.75, 3.05) is 13.7 Å². The average Bonchev–Trinajstić information content (AvgIpc) is 3.23. The van der Waals surface area contributed by atoms with E-state index >= 15 is 0 Å². The number of esters is 1. The molecule has 5 aliphatic rings. The summed E-state index contributed by atoms with van der Waals surface area (Å²) in [6.07, 6.45) is 7.58. The van der Waals surface area contributed by atoms with Gasteiger partial charge in [0.1, 0.15) is 24.4 Å². The van der Waals surface area contributed by atoms with Crippen LogP contribution < -0.4 is 0 Å². The van der Waals surface area contributed by atoms with Gasteiger partial charge in [-0.15, -0.1) is 0 Å². The Labute approximate surface area is 220 Å². The molecule has 5 fully saturated rings. The fraction of sp³-hybridized carbons (Fsp3) is 0.897. The molecule has 37 heavy (non-hydrogen) atoms. The second-order valence-corrected chi connectivity index (χ2v) is 13.0. The van der Waals surface area contributed by atoms with Crippen LogP contribution in [0.15, 0.2) is 12.2 Å². The molecular weight excluding hydrogens is 476 g/mol. The number of hydrogen-bond acceptors (Lipinski definition) is 8. The summed E-state index contributed by atoms with van der Waals surface area (Å²) in [6.45, 7) is 4.50. The molecule has 0 bridgehead atoms. The van der Waals surface area contributed by atoms with Crippen LogP contribution >= 0.6 is 0 Å². The van der Waals surface area contributed by atoms with Crippen molar-refractivity contribution in [3.63, 3.8) is 0 Å². The molecular formula is C29H46O8. The summed E-state index contributed by atoms with van der Waals surface area (Å²) in [5.74, 6) is 2.82. The molecule has 4 saturated carbocycles. The van der Waals surface area contributed by atoms with Crippen LogP contribution in [0.3, 0.4) is 0 Å². The number of carbonyl (C=O) groups is 1. The molecule has 0 aromatic carbocycles. The van der Waals surface area contributed by atoms with Crippen LogP contribution in [0.2, 0.25) is 0 Å². The minimum absolute atomic E-state index is 0.0794. The van der Waals surface area contributed by atoms with Gasteiger partial charge in [0.25, 0.3) is 0 Å². The van der Waals surface area contributed by atoms with Gasteiger partial charge in [-0.25, -0.2) is 4.79 Å². The van der Waals surface area contributed by atoms with Crippen LogP contribution in [0.4, 0.5) is 0 Å². The SMILES string of the molecule is COC(=O)/C=C/[C@H]1CC[C@H]2[C@@H]3CC[C@@H]4C[C@@H](O[C@@H]5O[C@H](CO)[C@@H](O)[C@H](O)[C@H]5O)CC[C@]4(C)[C@H]3CC[C@]12C. The van der Waals surface area contributed by atoms with Crippen LogP contribution in [-0.2, 0) is 19.0 Å². The Morgan fingerprint density at radius 3 is 2.41 bits per heavy atom. The summed E-state index contributed by atoms with van der Waals surface area (Å²) in [6, 6.07) is 0. The number of ether oxygens (including phenoxy) is 3. The van der Waals surface area contributed by atoms with Crippen molar-refractivity contribution in [1.82, 2.24) is 0 Å². The van der Waals surface area contributed by atoms with Gasteiger partial charge in [0.15, 0.2) is 6.29 Å². The minimum Gasteiger partial charge on any atom is -0.466 e.